The second kappa shape index (κ2) is 8.24. The van der Waals surface area contributed by atoms with E-state index in [2.05, 4.69) is 10.4 Å². The van der Waals surface area contributed by atoms with E-state index in [9.17, 15) is 31.2 Å². The molecule has 1 amide bonds. The first-order valence-electron chi connectivity index (χ1n) is 8.46. The Labute approximate surface area is 168 Å². The summed E-state index contributed by atoms with van der Waals surface area (Å²) in [5.74, 6) is -0.592. The van der Waals surface area contributed by atoms with Crippen molar-refractivity contribution >= 4 is 32.4 Å². The Hall–Kier alpha value is -3.25. The molecule has 0 saturated heterocycles. The number of carbonyl (C=O) groups excluding carboxylic acids is 1. The lowest BCUT2D eigenvalue weighted by Gasteiger charge is -2.10. The first-order valence-corrected chi connectivity index (χ1v) is 9.95. The number of halogens is 3. The SMILES string of the molecule is O=C(Cn1ncc2ccccc2c1=O)Nc1ccc(S(=O)(=O)NCC(F)(F)F)cc1. The third kappa shape index (κ3) is 5.21. The van der Waals surface area contributed by atoms with Crippen LogP contribution in [0.25, 0.3) is 10.8 Å². The highest BCUT2D eigenvalue weighted by Gasteiger charge is 2.30. The Morgan fingerprint density at radius 2 is 1.73 bits per heavy atom. The first kappa shape index (κ1) is 21.5. The summed E-state index contributed by atoms with van der Waals surface area (Å²) < 4.78 is 62.7. The third-order valence-electron chi connectivity index (χ3n) is 3.97. The van der Waals surface area contributed by atoms with Gasteiger partial charge in [0.1, 0.15) is 13.1 Å². The van der Waals surface area contributed by atoms with E-state index in [0.717, 1.165) is 16.8 Å². The van der Waals surface area contributed by atoms with E-state index in [1.807, 2.05) is 0 Å². The van der Waals surface area contributed by atoms with E-state index in [-0.39, 0.29) is 12.2 Å². The fraction of sp³-hybridized carbons (Fsp3) is 0.167. The van der Waals surface area contributed by atoms with Crippen LogP contribution in [0.3, 0.4) is 0 Å². The number of rotatable bonds is 6. The summed E-state index contributed by atoms with van der Waals surface area (Å²) >= 11 is 0. The van der Waals surface area contributed by atoms with Crippen molar-refractivity contribution in [2.45, 2.75) is 17.6 Å². The van der Waals surface area contributed by atoms with E-state index in [0.29, 0.717) is 10.8 Å². The molecule has 0 atom stereocenters. The van der Waals surface area contributed by atoms with Crippen LogP contribution in [0.1, 0.15) is 0 Å². The molecule has 0 radical (unpaired) electrons. The highest BCUT2D eigenvalue weighted by atomic mass is 32.2. The van der Waals surface area contributed by atoms with Gasteiger partial charge in [-0.05, 0) is 30.3 Å². The maximum atomic E-state index is 12.4. The maximum Gasteiger partial charge on any atom is 0.402 e. The fourth-order valence-electron chi connectivity index (χ4n) is 2.55. The molecule has 0 saturated carbocycles. The second-order valence-electron chi connectivity index (χ2n) is 6.21. The summed E-state index contributed by atoms with van der Waals surface area (Å²) in [6.07, 6.45) is -3.23. The number of nitrogens with zero attached hydrogens (tertiary/aromatic N) is 2. The number of aromatic nitrogens is 2. The summed E-state index contributed by atoms with van der Waals surface area (Å²) in [4.78, 5) is 24.2. The van der Waals surface area contributed by atoms with Gasteiger partial charge < -0.3 is 5.32 Å². The molecule has 0 aliphatic rings. The topological polar surface area (TPSA) is 110 Å². The van der Waals surface area contributed by atoms with Crippen LogP contribution >= 0.6 is 0 Å². The van der Waals surface area contributed by atoms with Gasteiger partial charge in [-0.25, -0.2) is 17.8 Å². The molecule has 3 aromatic rings. The zero-order valence-corrected chi connectivity index (χ0v) is 16.0. The number of benzene rings is 2. The van der Waals surface area contributed by atoms with Gasteiger partial charge in [0.15, 0.2) is 0 Å². The fourth-order valence-corrected chi connectivity index (χ4v) is 3.57. The highest BCUT2D eigenvalue weighted by Crippen LogP contribution is 2.17. The summed E-state index contributed by atoms with van der Waals surface area (Å²) in [7, 11) is -4.35. The first-order chi connectivity index (χ1) is 14.0. The lowest BCUT2D eigenvalue weighted by Crippen LogP contribution is -2.33. The van der Waals surface area contributed by atoms with Gasteiger partial charge in [-0.2, -0.15) is 18.3 Å². The average molecular weight is 440 g/mol. The number of amides is 1. The monoisotopic (exact) mass is 440 g/mol. The Kier molecular flexibility index (Phi) is 5.89. The molecule has 8 nitrogen and oxygen atoms in total. The van der Waals surface area contributed by atoms with Gasteiger partial charge >= 0.3 is 6.18 Å². The predicted molar refractivity (Wildman–Crippen MR) is 102 cm³/mol. The molecule has 0 unspecified atom stereocenters. The zero-order chi connectivity index (χ0) is 21.9. The van der Waals surface area contributed by atoms with Crippen LogP contribution in [0.4, 0.5) is 18.9 Å². The van der Waals surface area contributed by atoms with Crippen LogP contribution in [0.2, 0.25) is 0 Å². The van der Waals surface area contributed by atoms with Gasteiger partial charge in [-0.1, -0.05) is 18.2 Å². The molecule has 0 spiro atoms. The molecular formula is C18H15F3N4O4S. The van der Waals surface area contributed by atoms with Crippen molar-refractivity contribution in [3.05, 3.63) is 65.1 Å². The quantitative estimate of drug-likeness (QED) is 0.608. The molecule has 0 fully saturated rings. The zero-order valence-electron chi connectivity index (χ0n) is 15.2. The number of nitrogens with one attached hydrogen (secondary N) is 2. The van der Waals surface area contributed by atoms with Crippen LogP contribution in [0, 0.1) is 0 Å². The van der Waals surface area contributed by atoms with Gasteiger partial charge in [0.25, 0.3) is 5.56 Å². The smallest absolute Gasteiger partial charge is 0.324 e. The lowest BCUT2D eigenvalue weighted by molar-refractivity contribution is -0.121. The minimum atomic E-state index is -4.68. The number of hydrogen-bond acceptors (Lipinski definition) is 5. The van der Waals surface area contributed by atoms with E-state index in [1.165, 1.54) is 23.1 Å². The van der Waals surface area contributed by atoms with Crippen molar-refractivity contribution in [2.75, 3.05) is 11.9 Å². The molecule has 3 rings (SSSR count). The molecule has 0 bridgehead atoms. The maximum absolute atomic E-state index is 12.4. The summed E-state index contributed by atoms with van der Waals surface area (Å²) in [6.45, 7) is -2.07. The van der Waals surface area contributed by atoms with E-state index in [4.69, 9.17) is 0 Å². The van der Waals surface area contributed by atoms with Crippen molar-refractivity contribution in [2.24, 2.45) is 0 Å². The Morgan fingerprint density at radius 1 is 1.07 bits per heavy atom. The number of hydrogen-bond donors (Lipinski definition) is 2. The summed E-state index contributed by atoms with van der Waals surface area (Å²) in [6, 6.07) is 11.3. The predicted octanol–water partition coefficient (Wildman–Crippen LogP) is 1.88. The molecule has 1 heterocycles. The molecule has 2 N–H and O–H groups in total. The van der Waals surface area contributed by atoms with Crippen LogP contribution in [-0.2, 0) is 21.4 Å². The van der Waals surface area contributed by atoms with Crippen molar-refractivity contribution in [3.8, 4) is 0 Å². The number of fused-ring (bicyclic) bond motifs is 1. The van der Waals surface area contributed by atoms with Crippen molar-refractivity contribution in [3.63, 3.8) is 0 Å². The summed E-state index contributed by atoms with van der Waals surface area (Å²) in [5.41, 5.74) is -0.246. The van der Waals surface area contributed by atoms with Gasteiger partial charge in [0.05, 0.1) is 16.5 Å². The number of alkyl halides is 3. The Morgan fingerprint density at radius 3 is 2.40 bits per heavy atom. The van der Waals surface area contributed by atoms with Gasteiger partial charge in [-0.15, -0.1) is 0 Å². The second-order valence-corrected chi connectivity index (χ2v) is 7.97. The number of carbonyl (C=O) groups is 1. The third-order valence-corrected chi connectivity index (χ3v) is 5.38. The van der Waals surface area contributed by atoms with Gasteiger partial charge in [0, 0.05) is 11.1 Å². The average Bonchev–Trinajstić information content (AvgIpc) is 2.69. The van der Waals surface area contributed by atoms with E-state index < -0.39 is 39.1 Å². The molecule has 0 aliphatic carbocycles. The minimum Gasteiger partial charge on any atom is -0.324 e. The van der Waals surface area contributed by atoms with E-state index >= 15 is 0 Å². The van der Waals surface area contributed by atoms with Gasteiger partial charge in [0.2, 0.25) is 15.9 Å². The normalized spacial score (nSPS) is 12.1. The molecule has 2 aromatic carbocycles. The molecule has 0 aliphatic heterocycles. The van der Waals surface area contributed by atoms with Crippen molar-refractivity contribution in [1.29, 1.82) is 0 Å². The van der Waals surface area contributed by atoms with Crippen LogP contribution in [0.15, 0.2) is 64.4 Å². The molecule has 30 heavy (non-hydrogen) atoms. The Bertz CT molecular complexity index is 1240. The minimum absolute atomic E-state index is 0.198. The number of sulfonamides is 1. The lowest BCUT2D eigenvalue weighted by atomic mass is 10.2. The van der Waals surface area contributed by atoms with Crippen LogP contribution in [-0.4, -0.2) is 36.8 Å². The molecule has 158 valence electrons. The van der Waals surface area contributed by atoms with Gasteiger partial charge in [-0.3, -0.25) is 9.59 Å². The van der Waals surface area contributed by atoms with Crippen LogP contribution < -0.4 is 15.6 Å². The Balaban J connectivity index is 1.68. The largest absolute Gasteiger partial charge is 0.402 e. The van der Waals surface area contributed by atoms with Crippen LogP contribution in [0.5, 0.6) is 0 Å². The number of anilines is 1. The molecule has 12 heteroatoms. The van der Waals surface area contributed by atoms with Crippen molar-refractivity contribution in [1.82, 2.24) is 14.5 Å². The molecular weight excluding hydrogens is 425 g/mol. The highest BCUT2D eigenvalue weighted by molar-refractivity contribution is 7.89. The standard InChI is InChI=1S/C18H15F3N4O4S/c19-18(20,21)11-23-30(28,29)14-7-5-13(6-8-14)24-16(26)10-25-17(27)15-4-2-1-3-12(15)9-22-25/h1-9,23H,10-11H2,(H,24,26). The van der Waals surface area contributed by atoms with Crippen molar-refractivity contribution < 1.29 is 26.4 Å². The summed E-state index contributed by atoms with van der Waals surface area (Å²) in [5, 5.41) is 7.44. The van der Waals surface area contributed by atoms with E-state index in [1.54, 1.807) is 24.3 Å². The molecule has 1 aromatic heterocycles.